The maximum atomic E-state index is 13.1. The molecule has 1 aromatic carbocycles. The van der Waals surface area contributed by atoms with Crippen LogP contribution in [0.5, 0.6) is 0 Å². The summed E-state index contributed by atoms with van der Waals surface area (Å²) in [4.78, 5) is 4.57. The molecule has 4 heteroatoms. The van der Waals surface area contributed by atoms with Crippen LogP contribution in [0.25, 0.3) is 0 Å². The molecule has 1 heterocycles. The van der Waals surface area contributed by atoms with Crippen molar-refractivity contribution < 1.29 is 4.39 Å². The van der Waals surface area contributed by atoms with Gasteiger partial charge in [0.25, 0.3) is 0 Å². The third-order valence-electron chi connectivity index (χ3n) is 2.87. The molecule has 0 spiro atoms. The van der Waals surface area contributed by atoms with Crippen LogP contribution >= 0.6 is 11.8 Å². The fourth-order valence-corrected chi connectivity index (χ4v) is 2.89. The first kappa shape index (κ1) is 12.4. The minimum absolute atomic E-state index is 0.0903. The number of nitrogens with zero attached hydrogens (tertiary/aromatic N) is 1. The fraction of sp³-hybridized carbons (Fsp3) is 0.462. The summed E-state index contributed by atoms with van der Waals surface area (Å²) in [5.41, 5.74) is 0.952. The highest BCUT2D eigenvalue weighted by atomic mass is 32.2. The molecule has 2 atom stereocenters. The van der Waals surface area contributed by atoms with E-state index in [2.05, 4.69) is 17.2 Å². The minimum Gasteiger partial charge on any atom is -0.358 e. The van der Waals surface area contributed by atoms with Crippen molar-refractivity contribution in [1.82, 2.24) is 5.32 Å². The third-order valence-corrected chi connectivity index (χ3v) is 3.92. The lowest BCUT2D eigenvalue weighted by atomic mass is 10.1. The summed E-state index contributed by atoms with van der Waals surface area (Å²) >= 11 is 1.75. The number of halogens is 1. The first-order chi connectivity index (χ1) is 8.19. The summed E-state index contributed by atoms with van der Waals surface area (Å²) in [6, 6.07) is 7.22. The molecule has 1 aliphatic heterocycles. The third kappa shape index (κ3) is 3.22. The van der Waals surface area contributed by atoms with Gasteiger partial charge in [-0.3, -0.25) is 4.99 Å². The zero-order valence-electron chi connectivity index (χ0n) is 10.1. The Morgan fingerprint density at radius 1 is 1.59 bits per heavy atom. The van der Waals surface area contributed by atoms with Gasteiger partial charge in [-0.15, -0.1) is 0 Å². The molecule has 92 valence electrons. The predicted molar refractivity (Wildman–Crippen MR) is 71.9 cm³/mol. The van der Waals surface area contributed by atoms with Crippen LogP contribution in [0.4, 0.5) is 4.39 Å². The highest BCUT2D eigenvalue weighted by molar-refractivity contribution is 8.14. The van der Waals surface area contributed by atoms with E-state index < -0.39 is 0 Å². The number of benzene rings is 1. The van der Waals surface area contributed by atoms with Crippen molar-refractivity contribution in [3.63, 3.8) is 0 Å². The van der Waals surface area contributed by atoms with E-state index in [9.17, 15) is 4.39 Å². The Labute approximate surface area is 106 Å². The van der Waals surface area contributed by atoms with Crippen molar-refractivity contribution >= 4 is 16.9 Å². The van der Waals surface area contributed by atoms with E-state index in [-0.39, 0.29) is 11.9 Å². The SMILES string of the molecule is CCC1CSC(NC(C)c2cccc(F)c2)=N1. The summed E-state index contributed by atoms with van der Waals surface area (Å²) in [5, 5.41) is 4.31. The largest absolute Gasteiger partial charge is 0.358 e. The number of hydrogen-bond acceptors (Lipinski definition) is 3. The Morgan fingerprint density at radius 2 is 2.41 bits per heavy atom. The van der Waals surface area contributed by atoms with Gasteiger partial charge in [0, 0.05) is 5.75 Å². The van der Waals surface area contributed by atoms with E-state index in [0.29, 0.717) is 6.04 Å². The number of hydrogen-bond donors (Lipinski definition) is 1. The van der Waals surface area contributed by atoms with Crippen molar-refractivity contribution in [2.24, 2.45) is 4.99 Å². The molecule has 0 radical (unpaired) electrons. The molecule has 2 rings (SSSR count). The molecule has 1 aromatic rings. The van der Waals surface area contributed by atoms with E-state index in [0.717, 1.165) is 22.9 Å². The van der Waals surface area contributed by atoms with Crippen LogP contribution in [0.15, 0.2) is 29.3 Å². The van der Waals surface area contributed by atoms with Gasteiger partial charge in [0.05, 0.1) is 12.1 Å². The molecule has 0 saturated carbocycles. The van der Waals surface area contributed by atoms with Crippen molar-refractivity contribution in [2.45, 2.75) is 32.4 Å². The molecule has 0 aliphatic carbocycles. The van der Waals surface area contributed by atoms with Crippen LogP contribution in [-0.2, 0) is 0 Å². The molecule has 2 unspecified atom stereocenters. The topological polar surface area (TPSA) is 24.4 Å². The smallest absolute Gasteiger partial charge is 0.157 e. The van der Waals surface area contributed by atoms with Crippen LogP contribution < -0.4 is 5.32 Å². The number of amidine groups is 1. The second-order valence-electron chi connectivity index (χ2n) is 4.23. The van der Waals surface area contributed by atoms with Gasteiger partial charge in [-0.1, -0.05) is 30.8 Å². The lowest BCUT2D eigenvalue weighted by Gasteiger charge is -2.14. The van der Waals surface area contributed by atoms with Gasteiger partial charge < -0.3 is 5.32 Å². The molecule has 0 aromatic heterocycles. The number of rotatable bonds is 3. The molecule has 17 heavy (non-hydrogen) atoms. The average Bonchev–Trinajstić information content (AvgIpc) is 2.77. The quantitative estimate of drug-likeness (QED) is 0.892. The molecular weight excluding hydrogens is 235 g/mol. The Balaban J connectivity index is 2.00. The second-order valence-corrected chi connectivity index (χ2v) is 5.24. The van der Waals surface area contributed by atoms with E-state index in [4.69, 9.17) is 0 Å². The Morgan fingerprint density at radius 3 is 3.06 bits per heavy atom. The molecule has 2 nitrogen and oxygen atoms in total. The first-order valence-electron chi connectivity index (χ1n) is 5.91. The monoisotopic (exact) mass is 252 g/mol. The minimum atomic E-state index is -0.191. The molecule has 1 N–H and O–H groups in total. The molecular formula is C13H17FN2S. The van der Waals surface area contributed by atoms with E-state index in [1.807, 2.05) is 13.0 Å². The van der Waals surface area contributed by atoms with E-state index >= 15 is 0 Å². The fourth-order valence-electron chi connectivity index (χ4n) is 1.75. The summed E-state index contributed by atoms with van der Waals surface area (Å²) in [5.74, 6) is 0.859. The number of nitrogens with one attached hydrogen (secondary N) is 1. The van der Waals surface area contributed by atoms with Crippen molar-refractivity contribution in [3.8, 4) is 0 Å². The summed E-state index contributed by atoms with van der Waals surface area (Å²) in [6.07, 6.45) is 1.08. The summed E-state index contributed by atoms with van der Waals surface area (Å²) in [7, 11) is 0. The molecule has 0 amide bonds. The molecule has 1 aliphatic rings. The zero-order valence-corrected chi connectivity index (χ0v) is 10.9. The maximum Gasteiger partial charge on any atom is 0.157 e. The van der Waals surface area contributed by atoms with Crippen molar-refractivity contribution in [3.05, 3.63) is 35.6 Å². The van der Waals surface area contributed by atoms with Crippen molar-refractivity contribution in [2.75, 3.05) is 5.75 Å². The average molecular weight is 252 g/mol. The molecule has 0 fully saturated rings. The lowest BCUT2D eigenvalue weighted by molar-refractivity contribution is 0.618. The maximum absolute atomic E-state index is 13.1. The van der Waals surface area contributed by atoms with Crippen LogP contribution in [-0.4, -0.2) is 17.0 Å². The summed E-state index contributed by atoms with van der Waals surface area (Å²) < 4.78 is 13.1. The van der Waals surface area contributed by atoms with Crippen LogP contribution in [0.3, 0.4) is 0 Å². The van der Waals surface area contributed by atoms with Gasteiger partial charge in [0.1, 0.15) is 5.82 Å². The Kier molecular flexibility index (Phi) is 4.05. The van der Waals surface area contributed by atoms with Crippen LogP contribution in [0.2, 0.25) is 0 Å². The van der Waals surface area contributed by atoms with Gasteiger partial charge in [0.2, 0.25) is 0 Å². The molecule has 0 bridgehead atoms. The Bertz CT molecular complexity index is 420. The standard InChI is InChI=1S/C13H17FN2S/c1-3-12-8-17-13(16-12)15-9(2)10-5-4-6-11(14)7-10/h4-7,9,12H,3,8H2,1-2H3,(H,15,16). The van der Waals surface area contributed by atoms with Gasteiger partial charge >= 0.3 is 0 Å². The highest BCUT2D eigenvalue weighted by Gasteiger charge is 2.18. The predicted octanol–water partition coefficient (Wildman–Crippen LogP) is 3.36. The first-order valence-corrected chi connectivity index (χ1v) is 6.90. The zero-order chi connectivity index (χ0) is 12.3. The number of thioether (sulfide) groups is 1. The highest BCUT2D eigenvalue weighted by Crippen LogP contribution is 2.21. The van der Waals surface area contributed by atoms with Gasteiger partial charge in [-0.05, 0) is 31.0 Å². The summed E-state index contributed by atoms with van der Waals surface area (Å²) in [6.45, 7) is 4.17. The number of aliphatic imine (C=N–C) groups is 1. The van der Waals surface area contributed by atoms with Crippen molar-refractivity contribution in [1.29, 1.82) is 0 Å². The van der Waals surface area contributed by atoms with Crippen LogP contribution in [0.1, 0.15) is 31.9 Å². The van der Waals surface area contributed by atoms with Gasteiger partial charge in [-0.2, -0.15) is 0 Å². The van der Waals surface area contributed by atoms with Crippen LogP contribution in [0, 0.1) is 5.82 Å². The van der Waals surface area contributed by atoms with E-state index in [1.54, 1.807) is 23.9 Å². The van der Waals surface area contributed by atoms with E-state index in [1.165, 1.54) is 6.07 Å². The van der Waals surface area contributed by atoms with Gasteiger partial charge in [-0.25, -0.2) is 4.39 Å². The van der Waals surface area contributed by atoms with Gasteiger partial charge in [0.15, 0.2) is 5.17 Å². The lowest BCUT2D eigenvalue weighted by Crippen LogP contribution is -2.23. The normalized spacial score (nSPS) is 21.1. The Hall–Kier alpha value is -1.03. The molecule has 0 saturated heterocycles. The second kappa shape index (κ2) is 5.54.